The predicted molar refractivity (Wildman–Crippen MR) is 108 cm³/mol. The van der Waals surface area contributed by atoms with Crippen molar-refractivity contribution in [1.29, 1.82) is 0 Å². The number of carbonyl (C=O) groups is 4. The average Bonchev–Trinajstić information content (AvgIpc) is 3.37. The third-order valence-corrected chi connectivity index (χ3v) is 6.83. The lowest BCUT2D eigenvalue weighted by Gasteiger charge is -2.31. The van der Waals surface area contributed by atoms with E-state index in [2.05, 4.69) is 4.90 Å². The summed E-state index contributed by atoms with van der Waals surface area (Å²) < 4.78 is 14.6. The van der Waals surface area contributed by atoms with Crippen molar-refractivity contribution < 1.29 is 28.4 Å². The zero-order chi connectivity index (χ0) is 22.4. The van der Waals surface area contributed by atoms with Gasteiger partial charge in [-0.1, -0.05) is 6.07 Å². The minimum Gasteiger partial charge on any atom is -0.339 e. The molecule has 0 N–H and O–H groups in total. The fraction of sp³-hybridized carbons (Fsp3) is 0.545. The summed E-state index contributed by atoms with van der Waals surface area (Å²) in [6.45, 7) is 4.28. The van der Waals surface area contributed by atoms with Gasteiger partial charge in [0.2, 0.25) is 0 Å². The largest absolute Gasteiger partial charge is 0.434 e. The van der Waals surface area contributed by atoms with E-state index < -0.39 is 17.9 Å². The third-order valence-electron chi connectivity index (χ3n) is 6.83. The fourth-order valence-electron chi connectivity index (χ4n) is 4.91. The van der Waals surface area contributed by atoms with Crippen LogP contribution in [0.5, 0.6) is 0 Å². The van der Waals surface area contributed by atoms with Crippen LogP contribution >= 0.6 is 0 Å². The monoisotopic (exact) mass is 444 g/mol. The fourth-order valence-corrected chi connectivity index (χ4v) is 4.91. The second-order valence-corrected chi connectivity index (χ2v) is 9.01. The summed E-state index contributed by atoms with van der Waals surface area (Å²) >= 11 is 0. The molecule has 4 aliphatic rings. The molecular formula is C22H25FN4O5. The van der Waals surface area contributed by atoms with Crippen molar-refractivity contribution in [3.05, 3.63) is 35.1 Å². The van der Waals surface area contributed by atoms with Gasteiger partial charge < -0.3 is 14.6 Å². The van der Waals surface area contributed by atoms with E-state index in [0.717, 1.165) is 19.5 Å². The Hall–Kier alpha value is -3.01. The van der Waals surface area contributed by atoms with Crippen molar-refractivity contribution in [2.45, 2.75) is 25.8 Å². The molecule has 4 amide bonds. The van der Waals surface area contributed by atoms with Crippen molar-refractivity contribution >= 4 is 23.8 Å². The third kappa shape index (κ3) is 3.83. The standard InChI is InChI=1S/C22H25FN4O5/c23-18-8-14(21(30)25-6-1-7-25)2-3-15(18)9-24-10-16-12-26(13-17(16)11-24)22(31)32-27-19(28)4-5-20(27)29/h2-3,8,16-17H,1,4-7,9-13H2. The number of carbonyl (C=O) groups excluding carboxylic acids is 4. The highest BCUT2D eigenvalue weighted by molar-refractivity contribution is 6.01. The van der Waals surface area contributed by atoms with Gasteiger partial charge in [0.15, 0.2) is 0 Å². The Morgan fingerprint density at radius 2 is 1.62 bits per heavy atom. The molecule has 4 heterocycles. The normalized spacial score (nSPS) is 25.3. The van der Waals surface area contributed by atoms with Crippen LogP contribution in [0.3, 0.4) is 0 Å². The molecule has 4 aliphatic heterocycles. The Morgan fingerprint density at radius 3 is 2.19 bits per heavy atom. The van der Waals surface area contributed by atoms with Gasteiger partial charge in [-0.05, 0) is 30.4 Å². The highest BCUT2D eigenvalue weighted by Gasteiger charge is 2.43. The van der Waals surface area contributed by atoms with Crippen molar-refractivity contribution in [3.8, 4) is 0 Å². The number of imide groups is 1. The van der Waals surface area contributed by atoms with Crippen LogP contribution in [0.4, 0.5) is 9.18 Å². The number of hydrogen-bond donors (Lipinski definition) is 0. The summed E-state index contributed by atoms with van der Waals surface area (Å²) in [4.78, 5) is 58.3. The molecule has 2 unspecified atom stereocenters. The lowest BCUT2D eigenvalue weighted by Crippen LogP contribution is -2.42. The second-order valence-electron chi connectivity index (χ2n) is 9.01. The highest BCUT2D eigenvalue weighted by atomic mass is 19.1. The molecule has 170 valence electrons. The van der Waals surface area contributed by atoms with Crippen LogP contribution in [0.25, 0.3) is 0 Å². The van der Waals surface area contributed by atoms with Crippen LogP contribution in [0.1, 0.15) is 35.2 Å². The Kier molecular flexibility index (Phi) is 5.32. The van der Waals surface area contributed by atoms with Crippen molar-refractivity contribution in [2.24, 2.45) is 11.8 Å². The number of halogens is 1. The minimum atomic E-state index is -0.678. The lowest BCUT2D eigenvalue weighted by molar-refractivity contribution is -0.173. The van der Waals surface area contributed by atoms with E-state index in [1.54, 1.807) is 17.0 Å². The van der Waals surface area contributed by atoms with E-state index in [1.807, 2.05) is 0 Å². The van der Waals surface area contributed by atoms with E-state index in [0.29, 0.717) is 48.9 Å². The zero-order valence-electron chi connectivity index (χ0n) is 17.7. The van der Waals surface area contributed by atoms with E-state index in [1.165, 1.54) is 11.0 Å². The number of nitrogens with zero attached hydrogens (tertiary/aromatic N) is 4. The molecular weight excluding hydrogens is 419 g/mol. The van der Waals surface area contributed by atoms with Crippen LogP contribution in [0.2, 0.25) is 0 Å². The van der Waals surface area contributed by atoms with Crippen molar-refractivity contribution in [2.75, 3.05) is 39.3 Å². The smallest absolute Gasteiger partial charge is 0.339 e. The van der Waals surface area contributed by atoms with Gasteiger partial charge in [0.25, 0.3) is 17.7 Å². The first-order valence-corrected chi connectivity index (χ1v) is 11.0. The molecule has 4 saturated heterocycles. The molecule has 9 nitrogen and oxygen atoms in total. The van der Waals surface area contributed by atoms with Crippen LogP contribution in [-0.4, -0.2) is 82.8 Å². The topological polar surface area (TPSA) is 90.5 Å². The van der Waals surface area contributed by atoms with Gasteiger partial charge in [-0.2, -0.15) is 0 Å². The average molecular weight is 444 g/mol. The Morgan fingerprint density at radius 1 is 0.969 bits per heavy atom. The molecule has 0 radical (unpaired) electrons. The number of hydroxylamine groups is 2. The molecule has 1 aromatic rings. The molecule has 0 aromatic heterocycles. The van der Waals surface area contributed by atoms with Gasteiger partial charge >= 0.3 is 6.09 Å². The quantitative estimate of drug-likeness (QED) is 0.649. The molecule has 0 saturated carbocycles. The van der Waals surface area contributed by atoms with E-state index >= 15 is 0 Å². The van der Waals surface area contributed by atoms with Crippen molar-refractivity contribution in [1.82, 2.24) is 19.8 Å². The SMILES string of the molecule is O=C(ON1C(=O)CCC1=O)N1CC2CN(Cc3ccc(C(=O)N4CCC4)cc3F)CC2C1. The zero-order valence-corrected chi connectivity index (χ0v) is 17.7. The summed E-state index contributed by atoms with van der Waals surface area (Å²) in [5.74, 6) is -1.03. The van der Waals surface area contributed by atoms with Crippen LogP contribution in [-0.2, 0) is 21.0 Å². The summed E-state index contributed by atoms with van der Waals surface area (Å²) in [6.07, 6.45) is 0.447. The Labute approximate surface area is 184 Å². The van der Waals surface area contributed by atoms with Gasteiger partial charge in [0.1, 0.15) is 5.82 Å². The van der Waals surface area contributed by atoms with Crippen LogP contribution in [0.15, 0.2) is 18.2 Å². The maximum absolute atomic E-state index is 14.6. The number of rotatable bonds is 4. The highest BCUT2D eigenvalue weighted by Crippen LogP contribution is 2.33. The van der Waals surface area contributed by atoms with Gasteiger partial charge in [-0.25, -0.2) is 9.18 Å². The molecule has 2 atom stereocenters. The van der Waals surface area contributed by atoms with E-state index in [4.69, 9.17) is 4.84 Å². The molecule has 0 spiro atoms. The predicted octanol–water partition coefficient (Wildman–Crippen LogP) is 1.24. The summed E-state index contributed by atoms with van der Waals surface area (Å²) in [5, 5.41) is 0.571. The van der Waals surface area contributed by atoms with E-state index in [-0.39, 0.29) is 36.4 Å². The minimum absolute atomic E-state index is 0.0658. The molecule has 10 heteroatoms. The second kappa shape index (κ2) is 8.16. The van der Waals surface area contributed by atoms with Gasteiger partial charge in [-0.3, -0.25) is 19.3 Å². The van der Waals surface area contributed by atoms with Crippen LogP contribution in [0, 0.1) is 17.7 Å². The van der Waals surface area contributed by atoms with Gasteiger partial charge in [-0.15, -0.1) is 5.06 Å². The molecule has 1 aromatic carbocycles. The molecule has 5 rings (SSSR count). The maximum atomic E-state index is 14.6. The number of amides is 4. The number of hydrogen-bond acceptors (Lipinski definition) is 6. The van der Waals surface area contributed by atoms with E-state index in [9.17, 15) is 23.6 Å². The molecule has 0 aliphatic carbocycles. The van der Waals surface area contributed by atoms with Crippen LogP contribution < -0.4 is 0 Å². The summed E-state index contributed by atoms with van der Waals surface area (Å²) in [7, 11) is 0. The summed E-state index contributed by atoms with van der Waals surface area (Å²) in [5.41, 5.74) is 0.931. The van der Waals surface area contributed by atoms with Gasteiger partial charge in [0, 0.05) is 69.8 Å². The first kappa shape index (κ1) is 20.9. The first-order chi connectivity index (χ1) is 15.4. The maximum Gasteiger partial charge on any atom is 0.434 e. The number of fused-ring (bicyclic) bond motifs is 1. The lowest BCUT2D eigenvalue weighted by atomic mass is 10.0. The van der Waals surface area contributed by atoms with Gasteiger partial charge in [0.05, 0.1) is 0 Å². The summed E-state index contributed by atoms with van der Waals surface area (Å²) in [6, 6.07) is 4.70. The Bertz CT molecular complexity index is 951. The number of likely N-dealkylation sites (tertiary alicyclic amines) is 3. The molecule has 0 bridgehead atoms. The van der Waals surface area contributed by atoms with Crippen molar-refractivity contribution in [3.63, 3.8) is 0 Å². The number of benzene rings is 1. The molecule has 4 fully saturated rings. The molecule has 32 heavy (non-hydrogen) atoms. The Balaban J connectivity index is 1.14. The first-order valence-electron chi connectivity index (χ1n) is 11.0.